The van der Waals surface area contributed by atoms with E-state index in [0.717, 1.165) is 23.6 Å². The standard InChI is InChI=1S/C18H22N6O/c1-4-23-12-19-9-16(23)10-20-18(25)15-7-5-6-14(8-15)17-21-11-22-24(17)13(2)3/h5-9,11-13H,4,10H2,1-3H3,(H,20,25). The number of carbonyl (C=O) groups is 1. The number of aryl methyl sites for hydroxylation is 1. The highest BCUT2D eigenvalue weighted by atomic mass is 16.1. The minimum Gasteiger partial charge on any atom is -0.346 e. The van der Waals surface area contributed by atoms with Gasteiger partial charge in [0.1, 0.15) is 6.33 Å². The van der Waals surface area contributed by atoms with E-state index >= 15 is 0 Å². The molecule has 1 aromatic carbocycles. The number of benzene rings is 1. The number of amides is 1. The van der Waals surface area contributed by atoms with Crippen molar-refractivity contribution in [2.75, 3.05) is 0 Å². The molecule has 0 radical (unpaired) electrons. The minimum absolute atomic E-state index is 0.124. The van der Waals surface area contributed by atoms with Gasteiger partial charge in [-0.3, -0.25) is 4.79 Å². The Morgan fingerprint density at radius 3 is 2.92 bits per heavy atom. The van der Waals surface area contributed by atoms with Crippen LogP contribution < -0.4 is 5.32 Å². The topological polar surface area (TPSA) is 77.6 Å². The molecule has 1 N–H and O–H groups in total. The molecule has 130 valence electrons. The molecule has 2 aromatic heterocycles. The summed E-state index contributed by atoms with van der Waals surface area (Å²) < 4.78 is 3.85. The van der Waals surface area contributed by atoms with E-state index in [1.54, 1.807) is 18.6 Å². The van der Waals surface area contributed by atoms with Crippen molar-refractivity contribution in [3.05, 3.63) is 54.4 Å². The highest BCUT2D eigenvalue weighted by molar-refractivity contribution is 5.95. The van der Waals surface area contributed by atoms with Crippen molar-refractivity contribution in [3.8, 4) is 11.4 Å². The number of rotatable bonds is 6. The van der Waals surface area contributed by atoms with Crippen LogP contribution in [0.3, 0.4) is 0 Å². The zero-order valence-corrected chi connectivity index (χ0v) is 14.7. The molecule has 0 aliphatic carbocycles. The molecule has 7 heteroatoms. The maximum atomic E-state index is 12.5. The van der Waals surface area contributed by atoms with Gasteiger partial charge in [-0.25, -0.2) is 14.6 Å². The van der Waals surface area contributed by atoms with Crippen LogP contribution in [-0.2, 0) is 13.1 Å². The van der Waals surface area contributed by atoms with E-state index in [4.69, 9.17) is 0 Å². The van der Waals surface area contributed by atoms with Gasteiger partial charge in [-0.15, -0.1) is 0 Å². The first-order chi connectivity index (χ1) is 12.1. The van der Waals surface area contributed by atoms with Crippen LogP contribution in [0.4, 0.5) is 0 Å². The van der Waals surface area contributed by atoms with Crippen molar-refractivity contribution < 1.29 is 4.79 Å². The number of carbonyl (C=O) groups excluding carboxylic acids is 1. The van der Waals surface area contributed by atoms with Crippen LogP contribution in [0, 0.1) is 0 Å². The lowest BCUT2D eigenvalue weighted by Crippen LogP contribution is -2.24. The van der Waals surface area contributed by atoms with Gasteiger partial charge in [0.05, 0.1) is 18.6 Å². The van der Waals surface area contributed by atoms with E-state index in [1.165, 1.54) is 6.33 Å². The van der Waals surface area contributed by atoms with Crippen LogP contribution in [0.1, 0.15) is 42.9 Å². The maximum absolute atomic E-state index is 12.5. The summed E-state index contributed by atoms with van der Waals surface area (Å²) in [6, 6.07) is 7.64. The van der Waals surface area contributed by atoms with Gasteiger partial charge in [0.2, 0.25) is 0 Å². The van der Waals surface area contributed by atoms with Gasteiger partial charge in [0.15, 0.2) is 5.82 Å². The Morgan fingerprint density at radius 2 is 2.16 bits per heavy atom. The molecule has 0 bridgehead atoms. The van der Waals surface area contributed by atoms with Gasteiger partial charge in [-0.05, 0) is 32.9 Å². The molecule has 0 saturated heterocycles. The first kappa shape index (κ1) is 16.9. The molecule has 1 amide bonds. The Hall–Kier alpha value is -2.96. The molecule has 0 unspecified atom stereocenters. The highest BCUT2D eigenvalue weighted by Crippen LogP contribution is 2.20. The minimum atomic E-state index is -0.124. The number of hydrogen-bond donors (Lipinski definition) is 1. The van der Waals surface area contributed by atoms with Gasteiger partial charge in [-0.1, -0.05) is 12.1 Å². The second-order valence-electron chi connectivity index (χ2n) is 6.06. The predicted octanol–water partition coefficient (Wildman–Crippen LogP) is 2.67. The second-order valence-corrected chi connectivity index (χ2v) is 6.06. The fraction of sp³-hybridized carbons (Fsp3) is 0.333. The van der Waals surface area contributed by atoms with Crippen LogP contribution in [0.25, 0.3) is 11.4 Å². The largest absolute Gasteiger partial charge is 0.346 e. The number of nitrogens with one attached hydrogen (secondary N) is 1. The van der Waals surface area contributed by atoms with Crippen molar-refractivity contribution in [1.29, 1.82) is 0 Å². The van der Waals surface area contributed by atoms with E-state index in [9.17, 15) is 4.79 Å². The summed E-state index contributed by atoms with van der Waals surface area (Å²) in [5.74, 6) is 0.634. The lowest BCUT2D eigenvalue weighted by atomic mass is 10.1. The monoisotopic (exact) mass is 338 g/mol. The average molecular weight is 338 g/mol. The Balaban J connectivity index is 1.77. The van der Waals surface area contributed by atoms with Gasteiger partial charge >= 0.3 is 0 Å². The molecule has 2 heterocycles. The van der Waals surface area contributed by atoms with Crippen LogP contribution in [0.15, 0.2) is 43.1 Å². The summed E-state index contributed by atoms with van der Waals surface area (Å²) in [7, 11) is 0. The van der Waals surface area contributed by atoms with E-state index in [2.05, 4.69) is 20.4 Å². The lowest BCUT2D eigenvalue weighted by molar-refractivity contribution is 0.0950. The van der Waals surface area contributed by atoms with Crippen molar-refractivity contribution in [1.82, 2.24) is 29.6 Å². The maximum Gasteiger partial charge on any atom is 0.251 e. The van der Waals surface area contributed by atoms with Crippen LogP contribution in [-0.4, -0.2) is 30.2 Å². The molecule has 25 heavy (non-hydrogen) atoms. The van der Waals surface area contributed by atoms with Gasteiger partial charge in [0.25, 0.3) is 5.91 Å². The summed E-state index contributed by atoms with van der Waals surface area (Å²) in [5.41, 5.74) is 2.45. The summed E-state index contributed by atoms with van der Waals surface area (Å²) in [5, 5.41) is 7.19. The Kier molecular flexibility index (Phi) is 4.92. The molecule has 7 nitrogen and oxygen atoms in total. The summed E-state index contributed by atoms with van der Waals surface area (Å²) in [6.07, 6.45) is 5.07. The number of imidazole rings is 1. The Morgan fingerprint density at radius 1 is 1.32 bits per heavy atom. The summed E-state index contributed by atoms with van der Waals surface area (Å²) >= 11 is 0. The molecular formula is C18H22N6O. The highest BCUT2D eigenvalue weighted by Gasteiger charge is 2.13. The zero-order chi connectivity index (χ0) is 17.8. The molecule has 0 spiro atoms. The van der Waals surface area contributed by atoms with Gasteiger partial charge in [-0.2, -0.15) is 5.10 Å². The third-order valence-corrected chi connectivity index (χ3v) is 4.01. The SMILES string of the molecule is CCn1cncc1CNC(=O)c1cccc(-c2ncnn2C(C)C)c1. The number of nitrogens with zero attached hydrogens (tertiary/aromatic N) is 5. The van der Waals surface area contributed by atoms with E-state index in [0.29, 0.717) is 12.1 Å². The molecule has 0 fully saturated rings. The third kappa shape index (κ3) is 3.60. The molecule has 0 aliphatic heterocycles. The molecule has 0 atom stereocenters. The summed E-state index contributed by atoms with van der Waals surface area (Å²) in [4.78, 5) is 20.9. The van der Waals surface area contributed by atoms with E-state index < -0.39 is 0 Å². The van der Waals surface area contributed by atoms with Crippen LogP contribution >= 0.6 is 0 Å². The summed E-state index contributed by atoms with van der Waals surface area (Å²) in [6.45, 7) is 7.41. The normalized spacial score (nSPS) is 11.0. The third-order valence-electron chi connectivity index (χ3n) is 4.01. The Bertz CT molecular complexity index is 864. The van der Waals surface area contributed by atoms with Crippen LogP contribution in [0.5, 0.6) is 0 Å². The van der Waals surface area contributed by atoms with Gasteiger partial charge in [0, 0.05) is 29.9 Å². The Labute approximate surface area is 146 Å². The smallest absolute Gasteiger partial charge is 0.251 e. The van der Waals surface area contributed by atoms with Crippen molar-refractivity contribution in [2.24, 2.45) is 0 Å². The molecular weight excluding hydrogens is 316 g/mol. The van der Waals surface area contributed by atoms with E-state index in [1.807, 2.05) is 48.2 Å². The fourth-order valence-electron chi connectivity index (χ4n) is 2.69. The first-order valence-corrected chi connectivity index (χ1v) is 8.37. The fourth-order valence-corrected chi connectivity index (χ4v) is 2.69. The predicted molar refractivity (Wildman–Crippen MR) is 94.9 cm³/mol. The van der Waals surface area contributed by atoms with Crippen LogP contribution in [0.2, 0.25) is 0 Å². The second kappa shape index (κ2) is 7.29. The number of hydrogen-bond acceptors (Lipinski definition) is 4. The van der Waals surface area contributed by atoms with E-state index in [-0.39, 0.29) is 11.9 Å². The quantitative estimate of drug-likeness (QED) is 0.749. The number of aromatic nitrogens is 5. The van der Waals surface area contributed by atoms with Gasteiger partial charge < -0.3 is 9.88 Å². The molecule has 0 aliphatic rings. The lowest BCUT2D eigenvalue weighted by Gasteiger charge is -2.11. The zero-order valence-electron chi connectivity index (χ0n) is 14.7. The van der Waals surface area contributed by atoms with Crippen molar-refractivity contribution in [3.63, 3.8) is 0 Å². The first-order valence-electron chi connectivity index (χ1n) is 8.37. The van der Waals surface area contributed by atoms with Crippen molar-refractivity contribution >= 4 is 5.91 Å². The average Bonchev–Trinajstić information content (AvgIpc) is 3.28. The van der Waals surface area contributed by atoms with Crippen molar-refractivity contribution in [2.45, 2.75) is 39.9 Å². The molecule has 3 rings (SSSR count). The molecule has 3 aromatic rings. The molecule has 0 saturated carbocycles.